The maximum absolute atomic E-state index is 14.0. The second kappa shape index (κ2) is 8.76. The van der Waals surface area contributed by atoms with E-state index < -0.39 is 38.9 Å². The van der Waals surface area contributed by atoms with Gasteiger partial charge in [0.2, 0.25) is 5.91 Å². The quantitative estimate of drug-likeness (QED) is 0.635. The number of anilines is 2. The van der Waals surface area contributed by atoms with Crippen LogP contribution >= 0.6 is 0 Å². The number of hydrogen-bond donors (Lipinski definition) is 3. The van der Waals surface area contributed by atoms with Gasteiger partial charge in [0.15, 0.2) is 0 Å². The molecule has 0 unspecified atom stereocenters. The van der Waals surface area contributed by atoms with Gasteiger partial charge >= 0.3 is 5.97 Å². The number of hydrogen-bond acceptors (Lipinski definition) is 5. The second-order valence-electron chi connectivity index (χ2n) is 6.62. The lowest BCUT2D eigenvalue weighted by Crippen LogP contribution is -2.28. The third-order valence-electron chi connectivity index (χ3n) is 4.56. The van der Waals surface area contributed by atoms with E-state index in [0.717, 1.165) is 0 Å². The molecule has 0 spiro atoms. The third-order valence-corrected chi connectivity index (χ3v) is 5.94. The standard InChI is InChI=1S/C19H18F2N2O6S/c20-15-10-17(16(21)9-14(15)19(25)26)23-30(27,28)13-3-1-12(2-4-13)22-18(24)11-5-7-29-8-6-11/h1-4,9-11,23H,5-8H2,(H,22,24)(H,25,26). The molecular weight excluding hydrogens is 422 g/mol. The van der Waals surface area contributed by atoms with Crippen LogP contribution in [0.1, 0.15) is 23.2 Å². The van der Waals surface area contributed by atoms with Crippen molar-refractivity contribution in [3.05, 3.63) is 53.6 Å². The van der Waals surface area contributed by atoms with Gasteiger partial charge in [0, 0.05) is 30.9 Å². The number of halogens is 2. The van der Waals surface area contributed by atoms with E-state index in [4.69, 9.17) is 9.84 Å². The summed E-state index contributed by atoms with van der Waals surface area (Å²) in [5.41, 5.74) is -1.26. The van der Waals surface area contributed by atoms with E-state index in [9.17, 15) is 26.8 Å². The van der Waals surface area contributed by atoms with Crippen LogP contribution in [-0.4, -0.2) is 38.6 Å². The smallest absolute Gasteiger partial charge is 0.338 e. The zero-order valence-corrected chi connectivity index (χ0v) is 16.3. The van der Waals surface area contributed by atoms with Gasteiger partial charge in [-0.15, -0.1) is 0 Å². The Balaban J connectivity index is 1.73. The molecule has 11 heteroatoms. The van der Waals surface area contributed by atoms with Gasteiger partial charge in [0.05, 0.1) is 16.1 Å². The molecule has 8 nitrogen and oxygen atoms in total. The Bertz CT molecular complexity index is 1070. The van der Waals surface area contributed by atoms with E-state index in [1.807, 2.05) is 4.72 Å². The summed E-state index contributed by atoms with van der Waals surface area (Å²) in [6, 6.07) is 5.99. The number of nitrogens with one attached hydrogen (secondary N) is 2. The summed E-state index contributed by atoms with van der Waals surface area (Å²) in [7, 11) is -4.28. The van der Waals surface area contributed by atoms with Crippen LogP contribution in [0.25, 0.3) is 0 Å². The molecule has 1 aliphatic heterocycles. The number of carbonyl (C=O) groups excluding carboxylic acids is 1. The average molecular weight is 440 g/mol. The number of carboxylic acids is 1. The summed E-state index contributed by atoms with van der Waals surface area (Å²) >= 11 is 0. The van der Waals surface area contributed by atoms with Crippen LogP contribution in [0, 0.1) is 17.6 Å². The Labute approximate surface area is 170 Å². The van der Waals surface area contributed by atoms with Crippen LogP contribution < -0.4 is 10.0 Å². The van der Waals surface area contributed by atoms with Crippen molar-refractivity contribution < 1.29 is 36.6 Å². The van der Waals surface area contributed by atoms with E-state index >= 15 is 0 Å². The van der Waals surface area contributed by atoms with Crippen LogP contribution in [-0.2, 0) is 19.6 Å². The summed E-state index contributed by atoms with van der Waals surface area (Å²) in [4.78, 5) is 22.8. The molecule has 0 saturated carbocycles. The van der Waals surface area contributed by atoms with Gasteiger partial charge in [0.25, 0.3) is 10.0 Å². The number of carboxylic acid groups (broad SMARTS) is 1. The van der Waals surface area contributed by atoms with Crippen LogP contribution in [0.5, 0.6) is 0 Å². The van der Waals surface area contributed by atoms with Crippen molar-refractivity contribution in [2.24, 2.45) is 5.92 Å². The second-order valence-corrected chi connectivity index (χ2v) is 8.31. The molecule has 2 aromatic carbocycles. The average Bonchev–Trinajstić information content (AvgIpc) is 2.71. The first kappa shape index (κ1) is 21.7. The van der Waals surface area contributed by atoms with Crippen LogP contribution in [0.2, 0.25) is 0 Å². The molecule has 0 radical (unpaired) electrons. The minimum absolute atomic E-state index is 0.185. The molecule has 1 amide bonds. The number of ether oxygens (including phenoxy) is 1. The van der Waals surface area contributed by atoms with Crippen molar-refractivity contribution in [2.45, 2.75) is 17.7 Å². The predicted molar refractivity (Wildman–Crippen MR) is 103 cm³/mol. The van der Waals surface area contributed by atoms with Gasteiger partial charge in [-0.25, -0.2) is 22.0 Å². The van der Waals surface area contributed by atoms with Gasteiger partial charge in [-0.05, 0) is 43.2 Å². The lowest BCUT2D eigenvalue weighted by atomic mass is 9.99. The summed E-state index contributed by atoms with van der Waals surface area (Å²) in [6.45, 7) is 1.01. The summed E-state index contributed by atoms with van der Waals surface area (Å²) in [5.74, 6) is -4.58. The number of benzene rings is 2. The fraction of sp³-hybridized carbons (Fsp3) is 0.263. The molecule has 30 heavy (non-hydrogen) atoms. The predicted octanol–water partition coefficient (Wildman–Crippen LogP) is 2.83. The van der Waals surface area contributed by atoms with Crippen molar-refractivity contribution in [1.82, 2.24) is 0 Å². The van der Waals surface area contributed by atoms with Gasteiger partial charge in [-0.1, -0.05) is 0 Å². The number of aromatic carboxylic acids is 1. The molecule has 2 aromatic rings. The Morgan fingerprint density at radius 3 is 2.27 bits per heavy atom. The number of sulfonamides is 1. The van der Waals surface area contributed by atoms with Crippen molar-refractivity contribution in [2.75, 3.05) is 23.3 Å². The van der Waals surface area contributed by atoms with Crippen molar-refractivity contribution in [3.8, 4) is 0 Å². The molecule has 1 fully saturated rings. The number of rotatable bonds is 6. The molecule has 0 aromatic heterocycles. The Kier molecular flexibility index (Phi) is 6.32. The highest BCUT2D eigenvalue weighted by atomic mass is 32.2. The lowest BCUT2D eigenvalue weighted by molar-refractivity contribution is -0.122. The summed E-state index contributed by atoms with van der Waals surface area (Å²) in [6.07, 6.45) is 1.20. The van der Waals surface area contributed by atoms with Crippen molar-refractivity contribution >= 4 is 33.3 Å². The molecular formula is C19H18F2N2O6S. The number of carbonyl (C=O) groups is 2. The Morgan fingerprint density at radius 2 is 1.67 bits per heavy atom. The fourth-order valence-electron chi connectivity index (χ4n) is 2.91. The van der Waals surface area contributed by atoms with E-state index in [-0.39, 0.29) is 16.7 Å². The van der Waals surface area contributed by atoms with E-state index in [1.54, 1.807) is 0 Å². The first-order chi connectivity index (χ1) is 14.2. The van der Waals surface area contributed by atoms with E-state index in [1.165, 1.54) is 24.3 Å². The molecule has 3 rings (SSSR count). The lowest BCUT2D eigenvalue weighted by Gasteiger charge is -2.21. The highest BCUT2D eigenvalue weighted by Crippen LogP contribution is 2.24. The minimum atomic E-state index is -4.28. The summed E-state index contributed by atoms with van der Waals surface area (Å²) in [5, 5.41) is 11.5. The highest BCUT2D eigenvalue weighted by molar-refractivity contribution is 7.92. The molecule has 1 saturated heterocycles. The Hall–Kier alpha value is -3.05. The SMILES string of the molecule is O=C(O)c1cc(F)c(NS(=O)(=O)c2ccc(NC(=O)C3CCOCC3)cc2)cc1F. The normalized spacial score (nSPS) is 14.9. The maximum Gasteiger partial charge on any atom is 0.338 e. The van der Waals surface area contributed by atoms with E-state index in [0.29, 0.717) is 43.9 Å². The molecule has 1 aliphatic rings. The fourth-order valence-corrected chi connectivity index (χ4v) is 3.97. The highest BCUT2D eigenvalue weighted by Gasteiger charge is 2.23. The monoisotopic (exact) mass is 440 g/mol. The molecule has 0 bridgehead atoms. The van der Waals surface area contributed by atoms with Crippen LogP contribution in [0.3, 0.4) is 0 Å². The van der Waals surface area contributed by atoms with Crippen LogP contribution in [0.4, 0.5) is 20.2 Å². The van der Waals surface area contributed by atoms with E-state index in [2.05, 4.69) is 5.32 Å². The van der Waals surface area contributed by atoms with Crippen molar-refractivity contribution in [1.29, 1.82) is 0 Å². The van der Waals surface area contributed by atoms with Gasteiger partial charge in [-0.3, -0.25) is 9.52 Å². The van der Waals surface area contributed by atoms with Gasteiger partial charge < -0.3 is 15.2 Å². The van der Waals surface area contributed by atoms with Gasteiger partial charge in [0.1, 0.15) is 11.6 Å². The molecule has 0 aliphatic carbocycles. The zero-order chi connectivity index (χ0) is 21.9. The third kappa shape index (κ3) is 4.92. The van der Waals surface area contributed by atoms with Crippen molar-refractivity contribution in [3.63, 3.8) is 0 Å². The topological polar surface area (TPSA) is 122 Å². The molecule has 160 valence electrons. The largest absolute Gasteiger partial charge is 0.478 e. The van der Waals surface area contributed by atoms with Crippen LogP contribution in [0.15, 0.2) is 41.3 Å². The summed E-state index contributed by atoms with van der Waals surface area (Å²) < 4.78 is 59.7. The number of amides is 1. The van der Waals surface area contributed by atoms with Gasteiger partial charge in [-0.2, -0.15) is 0 Å². The Morgan fingerprint density at radius 1 is 1.03 bits per heavy atom. The molecule has 0 atom stereocenters. The first-order valence-corrected chi connectivity index (χ1v) is 10.4. The minimum Gasteiger partial charge on any atom is -0.478 e. The first-order valence-electron chi connectivity index (χ1n) is 8.91. The molecule has 1 heterocycles. The maximum atomic E-state index is 14.0. The molecule has 3 N–H and O–H groups in total. The zero-order valence-electron chi connectivity index (χ0n) is 15.5.